The summed E-state index contributed by atoms with van der Waals surface area (Å²) >= 11 is 10.6. The molecule has 5 nitrogen and oxygen atoms in total. The van der Waals surface area contributed by atoms with Crippen molar-refractivity contribution in [2.45, 2.75) is 5.16 Å². The maximum atomic E-state index is 13.2. The van der Waals surface area contributed by atoms with Gasteiger partial charge in [0.15, 0.2) is 5.16 Å². The van der Waals surface area contributed by atoms with Crippen molar-refractivity contribution in [2.24, 2.45) is 0 Å². The SMILES string of the molecule is O=C(CSc1nc2ccccc2c(=O)n1-c1ccc(Cl)cc1)Nc1ccc(Br)cc1. The van der Waals surface area contributed by atoms with Crippen LogP contribution in [0.25, 0.3) is 16.6 Å². The van der Waals surface area contributed by atoms with Crippen LogP contribution in [0, 0.1) is 0 Å². The highest BCUT2D eigenvalue weighted by Gasteiger charge is 2.15. The van der Waals surface area contributed by atoms with Crippen LogP contribution in [0.2, 0.25) is 5.02 Å². The molecule has 0 bridgehead atoms. The van der Waals surface area contributed by atoms with Gasteiger partial charge in [0.2, 0.25) is 5.91 Å². The summed E-state index contributed by atoms with van der Waals surface area (Å²) in [5.41, 5.74) is 1.73. The van der Waals surface area contributed by atoms with Crippen LogP contribution in [0.15, 0.2) is 87.2 Å². The van der Waals surface area contributed by atoms with Gasteiger partial charge < -0.3 is 5.32 Å². The minimum Gasteiger partial charge on any atom is -0.325 e. The number of fused-ring (bicyclic) bond motifs is 1. The Bertz CT molecular complexity index is 1270. The Balaban J connectivity index is 1.66. The molecular weight excluding hydrogens is 486 g/mol. The largest absolute Gasteiger partial charge is 0.325 e. The Labute approximate surface area is 190 Å². The molecule has 4 rings (SSSR count). The lowest BCUT2D eigenvalue weighted by Crippen LogP contribution is -2.22. The van der Waals surface area contributed by atoms with Gasteiger partial charge in [-0.2, -0.15) is 0 Å². The fraction of sp³-hybridized carbons (Fsp3) is 0.0455. The first-order chi connectivity index (χ1) is 14.5. The molecule has 4 aromatic rings. The van der Waals surface area contributed by atoms with Gasteiger partial charge in [-0.1, -0.05) is 51.4 Å². The molecule has 8 heteroatoms. The third-order valence-corrected chi connectivity index (χ3v) is 6.01. The summed E-state index contributed by atoms with van der Waals surface area (Å²) in [4.78, 5) is 30.2. The average molecular weight is 501 g/mol. The number of halogens is 2. The van der Waals surface area contributed by atoms with Crippen molar-refractivity contribution in [1.29, 1.82) is 0 Å². The van der Waals surface area contributed by atoms with Crippen LogP contribution in [0.5, 0.6) is 0 Å². The lowest BCUT2D eigenvalue weighted by Gasteiger charge is -2.13. The standard InChI is InChI=1S/C22H15BrClN3O2S/c23-14-5-9-16(10-6-14)25-20(28)13-30-22-26-19-4-2-1-3-18(19)21(29)27(22)17-11-7-15(24)8-12-17/h1-12H,13H2,(H,25,28). The minimum atomic E-state index is -0.196. The molecule has 0 atom stereocenters. The van der Waals surface area contributed by atoms with Crippen molar-refractivity contribution in [2.75, 3.05) is 11.1 Å². The van der Waals surface area contributed by atoms with E-state index in [9.17, 15) is 9.59 Å². The summed E-state index contributed by atoms with van der Waals surface area (Å²) in [6.45, 7) is 0. The highest BCUT2D eigenvalue weighted by atomic mass is 79.9. The summed E-state index contributed by atoms with van der Waals surface area (Å²) in [5, 5.41) is 4.36. The maximum Gasteiger partial charge on any atom is 0.266 e. The third-order valence-electron chi connectivity index (χ3n) is 4.29. The van der Waals surface area contributed by atoms with Crippen LogP contribution in [-0.2, 0) is 4.79 Å². The highest BCUT2D eigenvalue weighted by molar-refractivity contribution is 9.10. The number of nitrogens with one attached hydrogen (secondary N) is 1. The number of carbonyl (C=O) groups is 1. The molecule has 0 saturated heterocycles. The van der Waals surface area contributed by atoms with Gasteiger partial charge >= 0.3 is 0 Å². The highest BCUT2D eigenvalue weighted by Crippen LogP contribution is 2.23. The van der Waals surface area contributed by atoms with E-state index in [-0.39, 0.29) is 17.2 Å². The lowest BCUT2D eigenvalue weighted by molar-refractivity contribution is -0.113. The van der Waals surface area contributed by atoms with Gasteiger partial charge in [-0.25, -0.2) is 4.98 Å². The van der Waals surface area contributed by atoms with Gasteiger partial charge in [-0.3, -0.25) is 14.2 Å². The van der Waals surface area contributed by atoms with Crippen molar-refractivity contribution in [3.8, 4) is 5.69 Å². The zero-order valence-corrected chi connectivity index (χ0v) is 18.7. The van der Waals surface area contributed by atoms with Crippen LogP contribution in [0.3, 0.4) is 0 Å². The monoisotopic (exact) mass is 499 g/mol. The van der Waals surface area contributed by atoms with Crippen molar-refractivity contribution >= 4 is 61.8 Å². The number of amides is 1. The summed E-state index contributed by atoms with van der Waals surface area (Å²) in [5.74, 6) is -0.0820. The summed E-state index contributed by atoms with van der Waals surface area (Å²) in [6, 6.07) is 21.4. The Morgan fingerprint density at radius 3 is 2.47 bits per heavy atom. The molecule has 3 aromatic carbocycles. The molecule has 0 saturated carbocycles. The quantitative estimate of drug-likeness (QED) is 0.289. The molecule has 1 heterocycles. The van der Waals surface area contributed by atoms with E-state index in [4.69, 9.17) is 11.6 Å². The topological polar surface area (TPSA) is 64.0 Å². The molecule has 0 fully saturated rings. The summed E-state index contributed by atoms with van der Waals surface area (Å²) < 4.78 is 2.44. The van der Waals surface area contributed by atoms with Crippen molar-refractivity contribution < 1.29 is 4.79 Å². The smallest absolute Gasteiger partial charge is 0.266 e. The molecule has 0 aliphatic carbocycles. The fourth-order valence-corrected chi connectivity index (χ4v) is 4.09. The first kappa shape index (κ1) is 20.7. The van der Waals surface area contributed by atoms with Gasteiger partial charge in [-0.05, 0) is 60.7 Å². The molecular formula is C22H15BrClN3O2S. The van der Waals surface area contributed by atoms with E-state index >= 15 is 0 Å². The van der Waals surface area contributed by atoms with E-state index < -0.39 is 0 Å². The molecule has 0 spiro atoms. The van der Waals surface area contributed by atoms with Gasteiger partial charge in [0.25, 0.3) is 5.56 Å². The zero-order chi connectivity index (χ0) is 21.1. The van der Waals surface area contributed by atoms with Crippen molar-refractivity contribution in [1.82, 2.24) is 9.55 Å². The zero-order valence-electron chi connectivity index (χ0n) is 15.5. The maximum absolute atomic E-state index is 13.2. The molecule has 1 aromatic heterocycles. The third kappa shape index (κ3) is 4.59. The van der Waals surface area contributed by atoms with Gasteiger partial charge in [-0.15, -0.1) is 0 Å². The molecule has 0 radical (unpaired) electrons. The van der Waals surface area contributed by atoms with Gasteiger partial charge in [0.05, 0.1) is 22.3 Å². The number of rotatable bonds is 5. The summed E-state index contributed by atoms with van der Waals surface area (Å²) in [6.07, 6.45) is 0. The molecule has 0 unspecified atom stereocenters. The molecule has 1 N–H and O–H groups in total. The number of benzene rings is 3. The number of para-hydroxylation sites is 1. The van der Waals surface area contributed by atoms with Crippen molar-refractivity contribution in [3.63, 3.8) is 0 Å². The number of anilines is 1. The first-order valence-electron chi connectivity index (χ1n) is 8.97. The van der Waals surface area contributed by atoms with E-state index in [2.05, 4.69) is 26.2 Å². The number of hydrogen-bond acceptors (Lipinski definition) is 4. The Kier molecular flexibility index (Phi) is 6.22. The molecule has 1 amide bonds. The predicted octanol–water partition coefficient (Wildman–Crippen LogP) is 5.53. The van der Waals surface area contributed by atoms with Crippen LogP contribution < -0.4 is 10.9 Å². The van der Waals surface area contributed by atoms with Gasteiger partial charge in [0.1, 0.15) is 0 Å². The number of aromatic nitrogens is 2. The second kappa shape index (κ2) is 9.04. The van der Waals surface area contributed by atoms with Crippen LogP contribution in [0.1, 0.15) is 0 Å². The second-order valence-corrected chi connectivity index (χ2v) is 8.67. The Morgan fingerprint density at radius 1 is 1.03 bits per heavy atom. The van der Waals surface area contributed by atoms with Crippen LogP contribution in [-0.4, -0.2) is 21.2 Å². The second-order valence-electron chi connectivity index (χ2n) is 6.37. The average Bonchev–Trinajstić information content (AvgIpc) is 2.75. The number of thioether (sulfide) groups is 1. The van der Waals surface area contributed by atoms with E-state index in [1.165, 1.54) is 16.3 Å². The molecule has 0 aliphatic rings. The van der Waals surface area contributed by atoms with E-state index in [1.807, 2.05) is 30.3 Å². The fourth-order valence-electron chi connectivity index (χ4n) is 2.89. The van der Waals surface area contributed by atoms with E-state index in [0.29, 0.717) is 32.5 Å². The molecule has 150 valence electrons. The number of carbonyl (C=O) groups excluding carboxylic acids is 1. The van der Waals surface area contributed by atoms with Gasteiger partial charge in [0, 0.05) is 15.2 Å². The Morgan fingerprint density at radius 2 is 1.73 bits per heavy atom. The molecule has 0 aliphatic heterocycles. The predicted molar refractivity (Wildman–Crippen MR) is 126 cm³/mol. The van der Waals surface area contributed by atoms with Crippen LogP contribution in [0.4, 0.5) is 5.69 Å². The molecule has 30 heavy (non-hydrogen) atoms. The lowest BCUT2D eigenvalue weighted by atomic mass is 10.2. The van der Waals surface area contributed by atoms with Crippen LogP contribution >= 0.6 is 39.3 Å². The minimum absolute atomic E-state index is 0.106. The van der Waals surface area contributed by atoms with E-state index in [0.717, 1.165) is 4.47 Å². The van der Waals surface area contributed by atoms with E-state index in [1.54, 1.807) is 42.5 Å². The normalized spacial score (nSPS) is 10.9. The number of nitrogens with zero attached hydrogens (tertiary/aromatic N) is 2. The number of hydrogen-bond donors (Lipinski definition) is 1. The van der Waals surface area contributed by atoms with Crippen molar-refractivity contribution in [3.05, 3.63) is 92.6 Å². The Hall–Kier alpha value is -2.61. The summed E-state index contributed by atoms with van der Waals surface area (Å²) in [7, 11) is 0. The first-order valence-corrected chi connectivity index (χ1v) is 11.1.